The lowest BCUT2D eigenvalue weighted by atomic mass is 10.1. The van der Waals surface area contributed by atoms with Gasteiger partial charge in [-0.2, -0.15) is 13.2 Å². The second kappa shape index (κ2) is 4.91. The van der Waals surface area contributed by atoms with E-state index in [1.165, 1.54) is 0 Å². The number of thiazole rings is 1. The fourth-order valence-corrected chi connectivity index (χ4v) is 1.87. The molecule has 0 saturated carbocycles. The molecule has 1 aromatic heterocycles. The maximum Gasteiger partial charge on any atom is 0.434 e. The fraction of sp³-hybridized carbons (Fsp3) is 0.556. The topological polar surface area (TPSA) is 62.2 Å². The van der Waals surface area contributed by atoms with E-state index in [9.17, 15) is 18.0 Å². The minimum Gasteiger partial charge on any atom is -0.480 e. The summed E-state index contributed by atoms with van der Waals surface area (Å²) in [5.74, 6) is -1.38. The number of alkyl halides is 3. The summed E-state index contributed by atoms with van der Waals surface area (Å²) in [6.07, 6.45) is -4.51. The molecular formula is C9H11F3N2O2S. The Bertz CT molecular complexity index is 403. The zero-order valence-corrected chi connectivity index (χ0v) is 9.89. The molecule has 1 atom stereocenters. The third-order valence-corrected chi connectivity index (χ3v) is 2.78. The highest BCUT2D eigenvalue weighted by atomic mass is 32.1. The lowest BCUT2D eigenvalue weighted by molar-refractivity contribution is -0.140. The van der Waals surface area contributed by atoms with Gasteiger partial charge in [0.25, 0.3) is 0 Å². The van der Waals surface area contributed by atoms with Crippen molar-refractivity contribution < 1.29 is 23.1 Å². The first-order valence-electron chi connectivity index (χ1n) is 4.74. The minimum atomic E-state index is -4.51. The van der Waals surface area contributed by atoms with Crippen LogP contribution >= 0.6 is 11.3 Å². The Morgan fingerprint density at radius 2 is 2.12 bits per heavy atom. The zero-order chi connectivity index (χ0) is 13.2. The highest BCUT2D eigenvalue weighted by Gasteiger charge is 2.34. The van der Waals surface area contributed by atoms with E-state index < -0.39 is 23.9 Å². The van der Waals surface area contributed by atoms with Crippen LogP contribution in [0.25, 0.3) is 0 Å². The molecule has 0 amide bonds. The van der Waals surface area contributed by atoms with Crippen LogP contribution in [0, 0.1) is 5.92 Å². The van der Waals surface area contributed by atoms with Crippen molar-refractivity contribution in [2.75, 3.05) is 5.32 Å². The predicted molar refractivity (Wildman–Crippen MR) is 57.0 cm³/mol. The summed E-state index contributed by atoms with van der Waals surface area (Å²) in [6.45, 7) is 3.31. The molecular weight excluding hydrogens is 257 g/mol. The lowest BCUT2D eigenvalue weighted by Crippen LogP contribution is -2.34. The summed E-state index contributed by atoms with van der Waals surface area (Å²) in [5.41, 5.74) is -1.02. The first kappa shape index (κ1) is 13.8. The van der Waals surface area contributed by atoms with E-state index in [-0.39, 0.29) is 11.0 Å². The third kappa shape index (κ3) is 3.58. The standard InChI is InChI=1S/C9H11F3N2O2S/c1-4(2)6(7(15)16)14-8-13-5(3-17-8)9(10,11)12/h3-4,6H,1-2H3,(H,13,14)(H,15,16)/t6-/m0/s1. The normalized spacial score (nSPS) is 13.8. The number of aliphatic carboxylic acids is 1. The van der Waals surface area contributed by atoms with Crippen LogP contribution in [0.3, 0.4) is 0 Å². The van der Waals surface area contributed by atoms with E-state index in [0.717, 1.165) is 16.7 Å². The Hall–Kier alpha value is -1.31. The maximum absolute atomic E-state index is 12.3. The average Bonchev–Trinajstić information content (AvgIpc) is 2.60. The summed E-state index contributed by atoms with van der Waals surface area (Å²) in [4.78, 5) is 14.1. The predicted octanol–water partition coefficient (Wildman–Crippen LogP) is 2.68. The fourth-order valence-electron chi connectivity index (χ4n) is 1.12. The smallest absolute Gasteiger partial charge is 0.434 e. The molecule has 0 bridgehead atoms. The van der Waals surface area contributed by atoms with E-state index in [1.807, 2.05) is 0 Å². The van der Waals surface area contributed by atoms with E-state index in [0.29, 0.717) is 0 Å². The Morgan fingerprint density at radius 3 is 2.47 bits per heavy atom. The molecule has 0 aliphatic rings. The molecule has 1 aromatic rings. The first-order chi connectivity index (χ1) is 7.71. The minimum absolute atomic E-state index is 0.0431. The molecule has 96 valence electrons. The van der Waals surface area contributed by atoms with Gasteiger partial charge in [-0.15, -0.1) is 11.3 Å². The summed E-state index contributed by atoms with van der Waals surface area (Å²) < 4.78 is 36.8. The van der Waals surface area contributed by atoms with Crippen LogP contribution in [0.5, 0.6) is 0 Å². The molecule has 4 nitrogen and oxygen atoms in total. The van der Waals surface area contributed by atoms with Crippen LogP contribution in [0.1, 0.15) is 19.5 Å². The monoisotopic (exact) mass is 268 g/mol. The third-order valence-electron chi connectivity index (χ3n) is 2.01. The van der Waals surface area contributed by atoms with Crippen molar-refractivity contribution in [2.24, 2.45) is 5.92 Å². The first-order valence-corrected chi connectivity index (χ1v) is 5.62. The van der Waals surface area contributed by atoms with Crippen LogP contribution in [0.15, 0.2) is 5.38 Å². The lowest BCUT2D eigenvalue weighted by Gasteiger charge is -2.16. The number of aromatic nitrogens is 1. The largest absolute Gasteiger partial charge is 0.480 e. The van der Waals surface area contributed by atoms with E-state index in [1.54, 1.807) is 13.8 Å². The molecule has 0 fully saturated rings. The number of hydrogen-bond acceptors (Lipinski definition) is 4. The van der Waals surface area contributed by atoms with E-state index in [2.05, 4.69) is 10.3 Å². The summed E-state index contributed by atoms with van der Waals surface area (Å²) >= 11 is 0.734. The van der Waals surface area contributed by atoms with Crippen LogP contribution < -0.4 is 5.32 Å². The van der Waals surface area contributed by atoms with Crippen molar-refractivity contribution in [3.8, 4) is 0 Å². The number of nitrogens with zero attached hydrogens (tertiary/aromatic N) is 1. The Balaban J connectivity index is 2.81. The SMILES string of the molecule is CC(C)[C@H](Nc1nc(C(F)(F)F)cs1)C(=O)O. The summed E-state index contributed by atoms with van der Waals surface area (Å²) in [6, 6.07) is -0.956. The van der Waals surface area contributed by atoms with Gasteiger partial charge in [0, 0.05) is 5.38 Å². The number of rotatable bonds is 4. The van der Waals surface area contributed by atoms with E-state index >= 15 is 0 Å². The molecule has 0 unspecified atom stereocenters. The van der Waals surface area contributed by atoms with Gasteiger partial charge in [0.05, 0.1) is 0 Å². The number of carbonyl (C=O) groups is 1. The molecule has 0 radical (unpaired) electrons. The quantitative estimate of drug-likeness (QED) is 0.881. The second-order valence-corrected chi connectivity index (χ2v) is 4.60. The Kier molecular flexibility index (Phi) is 3.97. The van der Waals surface area contributed by atoms with Crippen molar-refractivity contribution >= 4 is 22.4 Å². The number of nitrogens with one attached hydrogen (secondary N) is 1. The van der Waals surface area contributed by atoms with Crippen molar-refractivity contribution in [3.05, 3.63) is 11.1 Å². The van der Waals surface area contributed by atoms with Gasteiger partial charge in [-0.1, -0.05) is 13.8 Å². The molecule has 0 spiro atoms. The summed E-state index contributed by atoms with van der Waals surface area (Å²) in [7, 11) is 0. The molecule has 8 heteroatoms. The Morgan fingerprint density at radius 1 is 1.53 bits per heavy atom. The van der Waals surface area contributed by atoms with Gasteiger partial charge >= 0.3 is 12.1 Å². The van der Waals surface area contributed by atoms with Gasteiger partial charge in [-0.3, -0.25) is 0 Å². The van der Waals surface area contributed by atoms with Crippen LogP contribution in [0.4, 0.5) is 18.3 Å². The number of carboxylic acids is 1. The average molecular weight is 268 g/mol. The van der Waals surface area contributed by atoms with Crippen LogP contribution in [-0.2, 0) is 11.0 Å². The van der Waals surface area contributed by atoms with Gasteiger partial charge in [0.15, 0.2) is 10.8 Å². The van der Waals surface area contributed by atoms with Crippen molar-refractivity contribution in [3.63, 3.8) is 0 Å². The molecule has 0 aromatic carbocycles. The summed E-state index contributed by atoms with van der Waals surface area (Å²) in [5, 5.41) is 12.1. The molecule has 2 N–H and O–H groups in total. The number of hydrogen-bond donors (Lipinski definition) is 2. The highest BCUT2D eigenvalue weighted by Crippen LogP contribution is 2.32. The van der Waals surface area contributed by atoms with Crippen molar-refractivity contribution in [1.29, 1.82) is 0 Å². The van der Waals surface area contributed by atoms with Gasteiger partial charge in [0.1, 0.15) is 6.04 Å². The number of carboxylic acid groups (broad SMARTS) is 1. The highest BCUT2D eigenvalue weighted by molar-refractivity contribution is 7.13. The maximum atomic E-state index is 12.3. The molecule has 1 heterocycles. The van der Waals surface area contributed by atoms with Crippen LogP contribution in [0.2, 0.25) is 0 Å². The molecule has 0 aliphatic heterocycles. The van der Waals surface area contributed by atoms with Gasteiger partial charge in [-0.05, 0) is 5.92 Å². The molecule has 0 saturated heterocycles. The molecule has 1 rings (SSSR count). The van der Waals surface area contributed by atoms with Crippen molar-refractivity contribution in [2.45, 2.75) is 26.1 Å². The van der Waals surface area contributed by atoms with Gasteiger partial charge in [0.2, 0.25) is 0 Å². The Labute approximate surface area is 99.5 Å². The molecule has 0 aliphatic carbocycles. The molecule has 17 heavy (non-hydrogen) atoms. The van der Waals surface area contributed by atoms with Crippen molar-refractivity contribution in [1.82, 2.24) is 4.98 Å². The number of anilines is 1. The van der Waals surface area contributed by atoms with Gasteiger partial charge < -0.3 is 10.4 Å². The van der Waals surface area contributed by atoms with E-state index in [4.69, 9.17) is 5.11 Å². The second-order valence-electron chi connectivity index (χ2n) is 3.74. The van der Waals surface area contributed by atoms with Gasteiger partial charge in [-0.25, -0.2) is 9.78 Å². The zero-order valence-electron chi connectivity index (χ0n) is 9.08. The number of halogens is 3. The van der Waals surface area contributed by atoms with Crippen LogP contribution in [-0.4, -0.2) is 22.1 Å².